The second-order valence-corrected chi connectivity index (χ2v) is 9.90. The number of carbonyl (C=O) groups is 1. The van der Waals surface area contributed by atoms with Gasteiger partial charge in [0.15, 0.2) is 0 Å². The van der Waals surface area contributed by atoms with Crippen LogP contribution in [0.3, 0.4) is 0 Å². The van der Waals surface area contributed by atoms with Crippen molar-refractivity contribution in [2.45, 2.75) is 38.4 Å². The second kappa shape index (κ2) is 11.3. The number of allylic oxidation sites excluding steroid dienone is 1. The zero-order valence-corrected chi connectivity index (χ0v) is 23.1. The molecule has 5 N–H and O–H groups in total. The Morgan fingerprint density at radius 1 is 1.19 bits per heavy atom. The van der Waals surface area contributed by atoms with E-state index in [1.807, 2.05) is 11.4 Å². The zero-order chi connectivity index (χ0) is 30.2. The lowest BCUT2D eigenvalue weighted by Crippen LogP contribution is -2.26. The van der Waals surface area contributed by atoms with E-state index in [0.29, 0.717) is 17.4 Å². The molecule has 13 heteroatoms. The number of hydrogen-bond acceptors (Lipinski definition) is 6. The summed E-state index contributed by atoms with van der Waals surface area (Å²) < 4.78 is 62.0. The number of hydrogen-bond donors (Lipinski definition) is 4. The fourth-order valence-corrected chi connectivity index (χ4v) is 5.12. The summed E-state index contributed by atoms with van der Waals surface area (Å²) in [5, 5.41) is 8.04. The van der Waals surface area contributed by atoms with Gasteiger partial charge in [-0.25, -0.2) is 19.2 Å². The van der Waals surface area contributed by atoms with Crippen LogP contribution in [0.15, 0.2) is 48.7 Å². The third-order valence-corrected chi connectivity index (χ3v) is 7.24. The standard InChI is InChI=1S/C29H29F4N7O2/c1-15-37-25(26-27(34)36-14-23(40(15)26)16-7-9-18(35-2)10-8-16)20-12-24(42-3)22(13-21(20)30)39-28(41)38-19-6-4-5-17(11-19)29(31,32)33/h4-7,11-14,18,35H,8-10H2,1-3H3,(H2,34,36)(H2,38,39,41). The summed E-state index contributed by atoms with van der Waals surface area (Å²) in [5.74, 6) is 0.116. The highest BCUT2D eigenvalue weighted by molar-refractivity contribution is 6.01. The Morgan fingerprint density at radius 3 is 2.64 bits per heavy atom. The van der Waals surface area contributed by atoms with Crippen molar-refractivity contribution in [3.8, 4) is 17.0 Å². The average molecular weight is 584 g/mol. The van der Waals surface area contributed by atoms with Gasteiger partial charge < -0.3 is 26.4 Å². The average Bonchev–Trinajstić information content (AvgIpc) is 3.31. The third kappa shape index (κ3) is 5.59. The van der Waals surface area contributed by atoms with Crippen LogP contribution in [0.25, 0.3) is 22.3 Å². The Labute approximate surface area is 238 Å². The molecule has 5 rings (SSSR count). The Balaban J connectivity index is 1.48. The minimum Gasteiger partial charge on any atom is -0.495 e. The minimum atomic E-state index is -4.57. The molecule has 2 amide bonds. The van der Waals surface area contributed by atoms with Crippen LogP contribution in [0.1, 0.15) is 36.3 Å². The normalized spacial score (nSPS) is 15.4. The van der Waals surface area contributed by atoms with Crippen molar-refractivity contribution in [1.29, 1.82) is 0 Å². The smallest absolute Gasteiger partial charge is 0.416 e. The van der Waals surface area contributed by atoms with Crippen LogP contribution in [0.4, 0.5) is 39.5 Å². The predicted octanol–water partition coefficient (Wildman–Crippen LogP) is 6.25. The molecule has 220 valence electrons. The highest BCUT2D eigenvalue weighted by atomic mass is 19.4. The number of halogens is 4. The van der Waals surface area contributed by atoms with Crippen LogP contribution in [0, 0.1) is 12.7 Å². The number of aromatic nitrogens is 3. The van der Waals surface area contributed by atoms with Crippen molar-refractivity contribution in [1.82, 2.24) is 19.7 Å². The summed E-state index contributed by atoms with van der Waals surface area (Å²) in [6, 6.07) is 6.08. The van der Waals surface area contributed by atoms with Crippen LogP contribution < -0.4 is 26.4 Å². The van der Waals surface area contributed by atoms with Crippen molar-refractivity contribution >= 4 is 34.3 Å². The molecule has 0 aliphatic heterocycles. The van der Waals surface area contributed by atoms with E-state index in [4.69, 9.17) is 10.5 Å². The highest BCUT2D eigenvalue weighted by Gasteiger charge is 2.30. The van der Waals surface area contributed by atoms with Gasteiger partial charge >= 0.3 is 12.2 Å². The fourth-order valence-electron chi connectivity index (χ4n) is 5.12. The van der Waals surface area contributed by atoms with Gasteiger partial charge in [-0.3, -0.25) is 4.40 Å². The minimum absolute atomic E-state index is 0.0401. The van der Waals surface area contributed by atoms with Crippen molar-refractivity contribution < 1.29 is 27.1 Å². The molecule has 0 saturated heterocycles. The number of nitrogen functional groups attached to an aromatic ring is 1. The van der Waals surface area contributed by atoms with Gasteiger partial charge in [-0.05, 0) is 63.1 Å². The lowest BCUT2D eigenvalue weighted by atomic mass is 9.93. The molecule has 0 spiro atoms. The first kappa shape index (κ1) is 28.9. The lowest BCUT2D eigenvalue weighted by Gasteiger charge is -2.22. The van der Waals surface area contributed by atoms with Gasteiger partial charge in [0, 0.05) is 23.4 Å². The third-order valence-electron chi connectivity index (χ3n) is 7.24. The van der Waals surface area contributed by atoms with Crippen LogP contribution in [0.2, 0.25) is 0 Å². The van der Waals surface area contributed by atoms with Gasteiger partial charge in [0.1, 0.15) is 34.4 Å². The van der Waals surface area contributed by atoms with E-state index in [1.54, 1.807) is 13.1 Å². The molecule has 2 aromatic carbocycles. The highest BCUT2D eigenvalue weighted by Crippen LogP contribution is 2.38. The van der Waals surface area contributed by atoms with E-state index >= 15 is 4.39 Å². The van der Waals surface area contributed by atoms with Crippen molar-refractivity contribution in [3.63, 3.8) is 0 Å². The van der Waals surface area contributed by atoms with Crippen molar-refractivity contribution in [2.75, 3.05) is 30.5 Å². The molecule has 1 atom stereocenters. The Bertz CT molecular complexity index is 1700. The largest absolute Gasteiger partial charge is 0.495 e. The number of alkyl halides is 3. The molecule has 1 aliphatic rings. The Morgan fingerprint density at radius 2 is 1.98 bits per heavy atom. The van der Waals surface area contributed by atoms with Crippen LogP contribution in [-0.2, 0) is 6.18 Å². The molecule has 1 aliphatic carbocycles. The predicted molar refractivity (Wildman–Crippen MR) is 153 cm³/mol. The fraction of sp³-hybridized carbons (Fsp3) is 0.276. The number of anilines is 3. The molecule has 0 fully saturated rings. The topological polar surface area (TPSA) is 119 Å². The first-order valence-electron chi connectivity index (χ1n) is 13.1. The summed E-state index contributed by atoms with van der Waals surface area (Å²) in [6.45, 7) is 1.79. The number of amides is 2. The number of rotatable bonds is 6. The second-order valence-electron chi connectivity index (χ2n) is 9.90. The van der Waals surface area contributed by atoms with E-state index in [-0.39, 0.29) is 34.2 Å². The lowest BCUT2D eigenvalue weighted by molar-refractivity contribution is -0.137. The number of methoxy groups -OCH3 is 1. The number of urea groups is 1. The molecule has 42 heavy (non-hydrogen) atoms. The van der Waals surface area contributed by atoms with E-state index in [0.717, 1.165) is 48.7 Å². The number of nitrogens with zero attached hydrogens (tertiary/aromatic N) is 3. The zero-order valence-electron chi connectivity index (χ0n) is 23.1. The van der Waals surface area contributed by atoms with E-state index in [9.17, 15) is 18.0 Å². The molecular weight excluding hydrogens is 554 g/mol. The Hall–Kier alpha value is -4.65. The molecule has 9 nitrogen and oxygen atoms in total. The maximum atomic E-state index is 15.6. The first-order valence-corrected chi connectivity index (χ1v) is 13.1. The van der Waals surface area contributed by atoms with E-state index in [1.165, 1.54) is 25.3 Å². The maximum absolute atomic E-state index is 15.6. The number of fused-ring (bicyclic) bond motifs is 1. The first-order chi connectivity index (χ1) is 20.0. The van der Waals surface area contributed by atoms with Crippen LogP contribution in [-0.4, -0.2) is 40.6 Å². The Kier molecular flexibility index (Phi) is 7.78. The number of ether oxygens (including phenoxy) is 1. The monoisotopic (exact) mass is 583 g/mol. The van der Waals surface area contributed by atoms with Crippen LogP contribution in [0.5, 0.6) is 5.75 Å². The van der Waals surface area contributed by atoms with Crippen molar-refractivity contribution in [2.24, 2.45) is 0 Å². The molecule has 4 aromatic rings. The molecule has 2 heterocycles. The maximum Gasteiger partial charge on any atom is 0.416 e. The van der Waals surface area contributed by atoms with E-state index < -0.39 is 23.6 Å². The molecule has 1 unspecified atom stereocenters. The SMILES string of the molecule is CNC1CC=C(c2cnc(N)c3c(-c4cc(OC)c(NC(=O)Nc5cccc(C(F)(F)F)c5)cc4F)nc(C)n23)CC1. The summed E-state index contributed by atoms with van der Waals surface area (Å²) in [5.41, 5.74) is 7.90. The molecule has 2 aromatic heterocycles. The van der Waals surface area contributed by atoms with Gasteiger partial charge in [-0.2, -0.15) is 13.2 Å². The number of aryl methyl sites for hydroxylation is 1. The number of benzene rings is 2. The van der Waals surface area contributed by atoms with Crippen molar-refractivity contribution in [3.05, 3.63) is 71.6 Å². The van der Waals surface area contributed by atoms with Gasteiger partial charge in [0.2, 0.25) is 0 Å². The number of carbonyl (C=O) groups excluding carboxylic acids is 1. The quantitative estimate of drug-likeness (QED) is 0.199. The molecule has 0 saturated carbocycles. The summed E-state index contributed by atoms with van der Waals surface area (Å²) in [7, 11) is 3.27. The summed E-state index contributed by atoms with van der Waals surface area (Å²) in [4.78, 5) is 21.6. The van der Waals surface area contributed by atoms with Gasteiger partial charge in [-0.15, -0.1) is 0 Å². The van der Waals surface area contributed by atoms with Gasteiger partial charge in [0.25, 0.3) is 0 Å². The molecular formula is C29H29F4N7O2. The van der Waals surface area contributed by atoms with Gasteiger partial charge in [0.05, 0.1) is 30.3 Å². The van der Waals surface area contributed by atoms with Crippen LogP contribution >= 0.6 is 0 Å². The molecule has 0 radical (unpaired) electrons. The molecule has 0 bridgehead atoms. The van der Waals surface area contributed by atoms with Gasteiger partial charge in [-0.1, -0.05) is 12.1 Å². The number of nitrogens with two attached hydrogens (primary N) is 1. The number of imidazole rings is 1. The summed E-state index contributed by atoms with van der Waals surface area (Å²) >= 11 is 0. The summed E-state index contributed by atoms with van der Waals surface area (Å²) in [6.07, 6.45) is 1.92. The van der Waals surface area contributed by atoms with E-state index in [2.05, 4.69) is 32.0 Å². The number of nitrogens with one attached hydrogen (secondary N) is 3.